The Morgan fingerprint density at radius 1 is 1.23 bits per heavy atom. The molecule has 0 N–H and O–H groups in total. The fraction of sp³-hybridized carbons (Fsp3) is 0.600. The third-order valence-electron chi connectivity index (χ3n) is 4.06. The van der Waals surface area contributed by atoms with Crippen LogP contribution in [0.2, 0.25) is 0 Å². The number of nitrogens with zero attached hydrogens (tertiary/aromatic N) is 1. The van der Waals surface area contributed by atoms with Gasteiger partial charge >= 0.3 is 12.1 Å². The molecule has 0 aliphatic carbocycles. The SMILES string of the molecule is CC(C)(C)OC(=O)N1[C@@H](C(=O)OCc2ccccc2)CCCOC1(C)C. The van der Waals surface area contributed by atoms with E-state index in [1.165, 1.54) is 4.90 Å². The molecule has 0 bridgehead atoms. The standard InChI is InChI=1S/C20H29NO5/c1-19(2,3)26-18(23)21-16(12-9-13-25-20(21,4)5)17(22)24-14-15-10-7-6-8-11-15/h6-8,10-11,16H,9,12-14H2,1-5H3/t16-/m1/s1. The lowest BCUT2D eigenvalue weighted by Gasteiger charge is -2.40. The lowest BCUT2D eigenvalue weighted by Crippen LogP contribution is -2.57. The highest BCUT2D eigenvalue weighted by Gasteiger charge is 2.45. The molecule has 1 fully saturated rings. The Morgan fingerprint density at radius 3 is 2.50 bits per heavy atom. The first-order valence-corrected chi connectivity index (χ1v) is 8.97. The van der Waals surface area contributed by atoms with E-state index in [0.29, 0.717) is 19.4 Å². The van der Waals surface area contributed by atoms with E-state index in [1.54, 1.807) is 34.6 Å². The van der Waals surface area contributed by atoms with E-state index in [0.717, 1.165) is 5.56 Å². The first-order valence-electron chi connectivity index (χ1n) is 8.97. The van der Waals surface area contributed by atoms with Gasteiger partial charge in [0, 0.05) is 6.61 Å². The van der Waals surface area contributed by atoms with Crippen molar-refractivity contribution in [2.24, 2.45) is 0 Å². The molecule has 2 rings (SSSR count). The van der Waals surface area contributed by atoms with Crippen LogP contribution in [0.5, 0.6) is 0 Å². The molecule has 26 heavy (non-hydrogen) atoms. The summed E-state index contributed by atoms with van der Waals surface area (Å²) in [6, 6.07) is 8.71. The van der Waals surface area contributed by atoms with Crippen molar-refractivity contribution in [1.82, 2.24) is 4.90 Å². The van der Waals surface area contributed by atoms with E-state index in [1.807, 2.05) is 30.3 Å². The van der Waals surface area contributed by atoms with Crippen LogP contribution in [0.3, 0.4) is 0 Å². The maximum atomic E-state index is 12.8. The summed E-state index contributed by atoms with van der Waals surface area (Å²) in [7, 11) is 0. The first kappa shape index (κ1) is 20.2. The lowest BCUT2D eigenvalue weighted by atomic mass is 10.1. The number of ether oxygens (including phenoxy) is 3. The molecule has 1 aliphatic heterocycles. The molecule has 1 atom stereocenters. The Labute approximate surface area is 155 Å². The maximum absolute atomic E-state index is 12.8. The number of carbonyl (C=O) groups is 2. The lowest BCUT2D eigenvalue weighted by molar-refractivity contribution is -0.165. The second-order valence-electron chi connectivity index (χ2n) is 7.90. The summed E-state index contributed by atoms with van der Waals surface area (Å²) in [5, 5.41) is 0. The molecule has 1 amide bonds. The number of benzene rings is 1. The molecular weight excluding hydrogens is 334 g/mol. The van der Waals surface area contributed by atoms with Crippen LogP contribution in [-0.4, -0.2) is 40.9 Å². The number of amides is 1. The summed E-state index contributed by atoms with van der Waals surface area (Å²) >= 11 is 0. The quantitative estimate of drug-likeness (QED) is 0.763. The Bertz CT molecular complexity index is 621. The minimum atomic E-state index is -0.963. The van der Waals surface area contributed by atoms with Gasteiger partial charge in [-0.15, -0.1) is 0 Å². The second kappa shape index (κ2) is 8.08. The largest absolute Gasteiger partial charge is 0.459 e. The molecule has 1 saturated heterocycles. The van der Waals surface area contributed by atoms with Crippen LogP contribution in [0, 0.1) is 0 Å². The van der Waals surface area contributed by atoms with Gasteiger partial charge in [0.2, 0.25) is 0 Å². The highest BCUT2D eigenvalue weighted by molar-refractivity contribution is 5.82. The monoisotopic (exact) mass is 363 g/mol. The van der Waals surface area contributed by atoms with E-state index in [9.17, 15) is 9.59 Å². The number of esters is 1. The van der Waals surface area contributed by atoms with Crippen molar-refractivity contribution in [2.45, 2.75) is 71.4 Å². The first-order chi connectivity index (χ1) is 12.1. The van der Waals surface area contributed by atoms with Gasteiger partial charge in [-0.05, 0) is 53.0 Å². The Kier molecular flexibility index (Phi) is 6.29. The maximum Gasteiger partial charge on any atom is 0.413 e. The topological polar surface area (TPSA) is 65.1 Å². The molecule has 1 heterocycles. The number of hydrogen-bond donors (Lipinski definition) is 0. The third-order valence-corrected chi connectivity index (χ3v) is 4.06. The molecule has 1 aliphatic rings. The van der Waals surface area contributed by atoms with Crippen molar-refractivity contribution >= 4 is 12.1 Å². The summed E-state index contributed by atoms with van der Waals surface area (Å²) in [6.45, 7) is 9.53. The fourth-order valence-corrected chi connectivity index (χ4v) is 2.88. The summed E-state index contributed by atoms with van der Waals surface area (Å²) in [5.41, 5.74) is -0.735. The third kappa shape index (κ3) is 5.46. The number of hydrogen-bond acceptors (Lipinski definition) is 5. The number of rotatable bonds is 3. The Hall–Kier alpha value is -2.08. The molecule has 144 valence electrons. The Morgan fingerprint density at radius 2 is 1.88 bits per heavy atom. The van der Waals surface area contributed by atoms with Crippen LogP contribution < -0.4 is 0 Å². The summed E-state index contributed by atoms with van der Waals surface area (Å²) in [5.74, 6) is -0.446. The van der Waals surface area contributed by atoms with Gasteiger partial charge in [-0.1, -0.05) is 30.3 Å². The van der Waals surface area contributed by atoms with Gasteiger partial charge in [0.1, 0.15) is 24.0 Å². The van der Waals surface area contributed by atoms with Crippen molar-refractivity contribution < 1.29 is 23.8 Å². The molecular formula is C20H29NO5. The van der Waals surface area contributed by atoms with Crippen LogP contribution in [0.25, 0.3) is 0 Å². The van der Waals surface area contributed by atoms with Gasteiger partial charge in [0.25, 0.3) is 0 Å². The van der Waals surface area contributed by atoms with Crippen molar-refractivity contribution in [1.29, 1.82) is 0 Å². The van der Waals surface area contributed by atoms with Crippen LogP contribution >= 0.6 is 0 Å². The molecule has 0 saturated carbocycles. The van der Waals surface area contributed by atoms with Crippen LogP contribution in [0.1, 0.15) is 53.0 Å². The smallest absolute Gasteiger partial charge is 0.413 e. The van der Waals surface area contributed by atoms with Crippen LogP contribution in [0.4, 0.5) is 4.79 Å². The van der Waals surface area contributed by atoms with Gasteiger partial charge in [0.15, 0.2) is 0 Å². The zero-order chi connectivity index (χ0) is 19.4. The highest BCUT2D eigenvalue weighted by atomic mass is 16.6. The molecule has 6 heteroatoms. The molecule has 0 aromatic heterocycles. The van der Waals surface area contributed by atoms with Crippen LogP contribution in [0.15, 0.2) is 30.3 Å². The number of carbonyl (C=O) groups excluding carboxylic acids is 2. The highest BCUT2D eigenvalue weighted by Crippen LogP contribution is 2.29. The average molecular weight is 363 g/mol. The van der Waals surface area contributed by atoms with E-state index in [2.05, 4.69) is 0 Å². The van der Waals surface area contributed by atoms with E-state index >= 15 is 0 Å². The zero-order valence-electron chi connectivity index (χ0n) is 16.3. The zero-order valence-corrected chi connectivity index (χ0v) is 16.3. The minimum Gasteiger partial charge on any atom is -0.459 e. The predicted molar refractivity (Wildman–Crippen MR) is 97.4 cm³/mol. The van der Waals surface area contributed by atoms with Gasteiger partial charge in [-0.25, -0.2) is 9.59 Å². The fourth-order valence-electron chi connectivity index (χ4n) is 2.88. The summed E-state index contributed by atoms with van der Waals surface area (Å²) < 4.78 is 16.8. The van der Waals surface area contributed by atoms with Gasteiger partial charge in [-0.3, -0.25) is 4.90 Å². The minimum absolute atomic E-state index is 0.166. The van der Waals surface area contributed by atoms with Crippen molar-refractivity contribution in [3.05, 3.63) is 35.9 Å². The van der Waals surface area contributed by atoms with Crippen molar-refractivity contribution in [3.63, 3.8) is 0 Å². The average Bonchev–Trinajstić information content (AvgIpc) is 2.70. The van der Waals surface area contributed by atoms with E-state index in [4.69, 9.17) is 14.2 Å². The molecule has 6 nitrogen and oxygen atoms in total. The molecule has 0 radical (unpaired) electrons. The molecule has 0 unspecified atom stereocenters. The van der Waals surface area contributed by atoms with Crippen molar-refractivity contribution in [2.75, 3.05) is 6.61 Å². The van der Waals surface area contributed by atoms with Gasteiger partial charge in [0.05, 0.1) is 0 Å². The van der Waals surface area contributed by atoms with Crippen molar-refractivity contribution in [3.8, 4) is 0 Å². The van der Waals surface area contributed by atoms with Gasteiger partial charge < -0.3 is 14.2 Å². The predicted octanol–water partition coefficient (Wildman–Crippen LogP) is 3.88. The van der Waals surface area contributed by atoms with E-state index in [-0.39, 0.29) is 6.61 Å². The Balaban J connectivity index is 2.17. The van der Waals surface area contributed by atoms with E-state index < -0.39 is 29.4 Å². The summed E-state index contributed by atoms with van der Waals surface area (Å²) in [6.07, 6.45) is 0.551. The van der Waals surface area contributed by atoms with Gasteiger partial charge in [-0.2, -0.15) is 0 Å². The molecule has 1 aromatic rings. The summed E-state index contributed by atoms with van der Waals surface area (Å²) in [4.78, 5) is 26.9. The second-order valence-corrected chi connectivity index (χ2v) is 7.90. The molecule has 0 spiro atoms. The van der Waals surface area contributed by atoms with Crippen LogP contribution in [-0.2, 0) is 25.6 Å². The molecule has 1 aromatic carbocycles. The normalized spacial score (nSPS) is 20.2.